The number of methoxy groups -OCH3 is 2. The van der Waals surface area contributed by atoms with Crippen LogP contribution >= 0.6 is 0 Å². The fourth-order valence-corrected chi connectivity index (χ4v) is 2.71. The van der Waals surface area contributed by atoms with E-state index in [9.17, 15) is 0 Å². The second-order valence-corrected chi connectivity index (χ2v) is 5.98. The van der Waals surface area contributed by atoms with E-state index in [4.69, 9.17) is 9.47 Å². The predicted octanol–water partition coefficient (Wildman–Crippen LogP) is 3.60. The molecule has 27 heavy (non-hydrogen) atoms. The third-order valence-electron chi connectivity index (χ3n) is 4.05. The number of nitrogens with zero attached hydrogens (tertiary/aromatic N) is 3. The van der Waals surface area contributed by atoms with Gasteiger partial charge in [-0.25, -0.2) is 0 Å². The molecular formula is C20H23N5O2. The molecule has 140 valence electrons. The second kappa shape index (κ2) is 8.84. The Hall–Kier alpha value is -3.35. The highest BCUT2D eigenvalue weighted by atomic mass is 16.5. The summed E-state index contributed by atoms with van der Waals surface area (Å²) in [6.45, 7) is 2.69. The van der Waals surface area contributed by atoms with Gasteiger partial charge >= 0.3 is 0 Å². The summed E-state index contributed by atoms with van der Waals surface area (Å²) in [4.78, 5) is 4.46. The zero-order valence-corrected chi connectivity index (χ0v) is 15.7. The van der Waals surface area contributed by atoms with Crippen LogP contribution in [-0.2, 0) is 6.42 Å². The van der Waals surface area contributed by atoms with Crippen LogP contribution in [0.1, 0.15) is 11.1 Å². The number of ether oxygens (including phenoxy) is 2. The van der Waals surface area contributed by atoms with Crippen LogP contribution in [0.25, 0.3) is 0 Å². The molecule has 3 aromatic rings. The van der Waals surface area contributed by atoms with Crippen molar-refractivity contribution < 1.29 is 9.47 Å². The van der Waals surface area contributed by atoms with Crippen molar-refractivity contribution in [3.8, 4) is 11.5 Å². The summed E-state index contributed by atoms with van der Waals surface area (Å²) >= 11 is 0. The lowest BCUT2D eigenvalue weighted by Gasteiger charge is -2.12. The molecule has 1 aromatic heterocycles. The van der Waals surface area contributed by atoms with Crippen molar-refractivity contribution in [2.24, 2.45) is 0 Å². The highest BCUT2D eigenvalue weighted by molar-refractivity contribution is 5.65. The molecule has 0 amide bonds. The van der Waals surface area contributed by atoms with Gasteiger partial charge in [-0.1, -0.05) is 24.3 Å². The molecule has 0 aliphatic rings. The molecule has 0 aliphatic heterocycles. The van der Waals surface area contributed by atoms with Gasteiger partial charge in [-0.15, -0.1) is 5.10 Å². The number of hydrogen-bond donors (Lipinski definition) is 2. The lowest BCUT2D eigenvalue weighted by molar-refractivity contribution is 0.410. The quantitative estimate of drug-likeness (QED) is 0.631. The number of aryl methyl sites for hydroxylation is 1. The zero-order chi connectivity index (χ0) is 19.1. The maximum Gasteiger partial charge on any atom is 0.244 e. The van der Waals surface area contributed by atoms with Gasteiger partial charge in [0.25, 0.3) is 0 Å². The van der Waals surface area contributed by atoms with Gasteiger partial charge in [-0.2, -0.15) is 10.1 Å². The fourth-order valence-electron chi connectivity index (χ4n) is 2.71. The zero-order valence-electron chi connectivity index (χ0n) is 15.7. The van der Waals surface area contributed by atoms with E-state index in [-0.39, 0.29) is 0 Å². The SMILES string of the molecule is COc1ccccc1CCNc1nncc(Nc2cc(C)ccc2OC)n1. The Morgan fingerprint density at radius 2 is 1.81 bits per heavy atom. The van der Waals surface area contributed by atoms with Crippen molar-refractivity contribution in [1.29, 1.82) is 0 Å². The van der Waals surface area contributed by atoms with Crippen molar-refractivity contribution in [2.45, 2.75) is 13.3 Å². The number of hydrogen-bond acceptors (Lipinski definition) is 7. The molecule has 2 aromatic carbocycles. The number of nitrogens with one attached hydrogen (secondary N) is 2. The summed E-state index contributed by atoms with van der Waals surface area (Å²) in [6, 6.07) is 13.9. The largest absolute Gasteiger partial charge is 0.496 e. The summed E-state index contributed by atoms with van der Waals surface area (Å²) in [5, 5.41) is 14.5. The number of benzene rings is 2. The summed E-state index contributed by atoms with van der Waals surface area (Å²) in [6.07, 6.45) is 2.36. The lowest BCUT2D eigenvalue weighted by Crippen LogP contribution is -2.10. The maximum absolute atomic E-state index is 5.38. The molecule has 0 unspecified atom stereocenters. The molecule has 0 fully saturated rings. The Balaban J connectivity index is 1.65. The molecular weight excluding hydrogens is 342 g/mol. The van der Waals surface area contributed by atoms with Crippen LogP contribution < -0.4 is 20.1 Å². The Morgan fingerprint density at radius 1 is 1.00 bits per heavy atom. The molecule has 0 bridgehead atoms. The first-order valence-corrected chi connectivity index (χ1v) is 8.66. The van der Waals surface area contributed by atoms with E-state index in [0.29, 0.717) is 18.3 Å². The molecule has 0 saturated carbocycles. The summed E-state index contributed by atoms with van der Waals surface area (Å²) in [5.74, 6) is 2.67. The van der Waals surface area contributed by atoms with Crippen LogP contribution in [0.4, 0.5) is 17.5 Å². The Morgan fingerprint density at radius 3 is 2.63 bits per heavy atom. The number of rotatable bonds is 8. The van der Waals surface area contributed by atoms with Gasteiger partial charge in [-0.05, 0) is 42.7 Å². The molecule has 0 spiro atoms. The van der Waals surface area contributed by atoms with Gasteiger partial charge in [0.15, 0.2) is 5.82 Å². The molecule has 0 radical (unpaired) electrons. The van der Waals surface area contributed by atoms with Gasteiger partial charge in [0, 0.05) is 6.54 Å². The summed E-state index contributed by atoms with van der Waals surface area (Å²) in [7, 11) is 3.31. The van der Waals surface area contributed by atoms with Crippen LogP contribution in [0.5, 0.6) is 11.5 Å². The van der Waals surface area contributed by atoms with Crippen molar-refractivity contribution in [3.05, 3.63) is 59.8 Å². The van der Waals surface area contributed by atoms with E-state index in [2.05, 4.69) is 25.8 Å². The molecule has 0 saturated heterocycles. The van der Waals surface area contributed by atoms with Gasteiger partial charge in [0.1, 0.15) is 11.5 Å². The second-order valence-electron chi connectivity index (χ2n) is 5.98. The third-order valence-corrected chi connectivity index (χ3v) is 4.05. The van der Waals surface area contributed by atoms with Crippen LogP contribution in [0, 0.1) is 6.92 Å². The normalized spacial score (nSPS) is 10.3. The fraction of sp³-hybridized carbons (Fsp3) is 0.250. The molecule has 0 atom stereocenters. The topological polar surface area (TPSA) is 81.2 Å². The lowest BCUT2D eigenvalue weighted by atomic mass is 10.1. The highest BCUT2D eigenvalue weighted by Crippen LogP contribution is 2.27. The monoisotopic (exact) mass is 365 g/mol. The number of para-hydroxylation sites is 1. The number of anilines is 3. The van der Waals surface area contributed by atoms with E-state index in [1.165, 1.54) is 0 Å². The third kappa shape index (κ3) is 4.84. The summed E-state index contributed by atoms with van der Waals surface area (Å²) in [5.41, 5.74) is 3.08. The average Bonchev–Trinajstić information content (AvgIpc) is 2.69. The molecule has 3 rings (SSSR count). The van der Waals surface area contributed by atoms with Gasteiger partial charge in [0.2, 0.25) is 5.95 Å². The summed E-state index contributed by atoms with van der Waals surface area (Å²) < 4.78 is 10.8. The first-order chi connectivity index (χ1) is 13.2. The minimum absolute atomic E-state index is 0.460. The van der Waals surface area contributed by atoms with Crippen LogP contribution in [0.3, 0.4) is 0 Å². The Labute approximate surface area is 158 Å². The standard InChI is InChI=1S/C20H23N5O2/c1-14-8-9-18(27-3)16(12-14)23-19-13-22-25-20(24-19)21-11-10-15-6-4-5-7-17(15)26-2/h4-9,12-13H,10-11H2,1-3H3,(H2,21,23,24,25). The molecule has 0 aliphatic carbocycles. The number of aromatic nitrogens is 3. The van der Waals surface area contributed by atoms with Crippen molar-refractivity contribution in [3.63, 3.8) is 0 Å². The van der Waals surface area contributed by atoms with E-state index < -0.39 is 0 Å². The van der Waals surface area contributed by atoms with Crippen molar-refractivity contribution >= 4 is 17.5 Å². The first kappa shape index (κ1) is 18.4. The van der Waals surface area contributed by atoms with E-state index in [1.807, 2.05) is 49.4 Å². The molecule has 7 heteroatoms. The Kier molecular flexibility index (Phi) is 6.04. The van der Waals surface area contributed by atoms with E-state index in [0.717, 1.165) is 34.7 Å². The maximum atomic E-state index is 5.38. The molecule has 1 heterocycles. The van der Waals surface area contributed by atoms with Crippen molar-refractivity contribution in [1.82, 2.24) is 15.2 Å². The Bertz CT molecular complexity index is 901. The molecule has 2 N–H and O–H groups in total. The van der Waals surface area contributed by atoms with Crippen LogP contribution in [0.2, 0.25) is 0 Å². The van der Waals surface area contributed by atoms with E-state index in [1.54, 1.807) is 20.4 Å². The van der Waals surface area contributed by atoms with Gasteiger partial charge < -0.3 is 20.1 Å². The minimum Gasteiger partial charge on any atom is -0.496 e. The van der Waals surface area contributed by atoms with Crippen LogP contribution in [0.15, 0.2) is 48.7 Å². The van der Waals surface area contributed by atoms with Crippen molar-refractivity contribution in [2.75, 3.05) is 31.4 Å². The van der Waals surface area contributed by atoms with E-state index >= 15 is 0 Å². The highest BCUT2D eigenvalue weighted by Gasteiger charge is 2.07. The van der Waals surface area contributed by atoms with Crippen LogP contribution in [-0.4, -0.2) is 35.9 Å². The average molecular weight is 365 g/mol. The smallest absolute Gasteiger partial charge is 0.244 e. The van der Waals surface area contributed by atoms with Gasteiger partial charge in [-0.3, -0.25) is 0 Å². The predicted molar refractivity (Wildman–Crippen MR) is 106 cm³/mol. The first-order valence-electron chi connectivity index (χ1n) is 8.66. The molecule has 7 nitrogen and oxygen atoms in total. The minimum atomic E-state index is 0.460. The van der Waals surface area contributed by atoms with Gasteiger partial charge in [0.05, 0.1) is 26.1 Å².